The second-order valence-corrected chi connectivity index (χ2v) is 4.84. The first kappa shape index (κ1) is 15.7. The van der Waals surface area contributed by atoms with Crippen LogP contribution < -0.4 is 5.73 Å². The molecule has 0 aromatic heterocycles. The molecule has 96 valence electrons. The van der Waals surface area contributed by atoms with Gasteiger partial charge in [0.2, 0.25) is 5.91 Å². The molecule has 0 aromatic rings. The SMILES string of the molecule is CC(N)C(=O)N(C)CCC1CCCCC1.Cl. The summed E-state index contributed by atoms with van der Waals surface area (Å²) >= 11 is 0. The lowest BCUT2D eigenvalue weighted by Gasteiger charge is -2.25. The van der Waals surface area contributed by atoms with Crippen molar-refractivity contribution in [3.8, 4) is 0 Å². The molecule has 1 rings (SSSR count). The Morgan fingerprint density at radius 2 is 1.94 bits per heavy atom. The van der Waals surface area contributed by atoms with Gasteiger partial charge in [0, 0.05) is 13.6 Å². The lowest BCUT2D eigenvalue weighted by atomic mass is 9.87. The molecule has 1 aliphatic carbocycles. The molecule has 1 fully saturated rings. The minimum Gasteiger partial charge on any atom is -0.344 e. The highest BCUT2D eigenvalue weighted by Gasteiger charge is 2.17. The average Bonchev–Trinajstić information content (AvgIpc) is 2.26. The third kappa shape index (κ3) is 5.17. The molecule has 1 amide bonds. The molecule has 1 saturated carbocycles. The van der Waals surface area contributed by atoms with E-state index in [1.807, 2.05) is 7.05 Å². The van der Waals surface area contributed by atoms with Gasteiger partial charge in [0.15, 0.2) is 0 Å². The minimum atomic E-state index is -0.360. The van der Waals surface area contributed by atoms with E-state index in [9.17, 15) is 4.79 Å². The van der Waals surface area contributed by atoms with E-state index in [0.29, 0.717) is 0 Å². The number of carbonyl (C=O) groups is 1. The Morgan fingerprint density at radius 3 is 2.44 bits per heavy atom. The number of amides is 1. The fraction of sp³-hybridized carbons (Fsp3) is 0.917. The average molecular weight is 249 g/mol. The van der Waals surface area contributed by atoms with Crippen LogP contribution in [-0.2, 0) is 4.79 Å². The van der Waals surface area contributed by atoms with Crippen LogP contribution in [0.25, 0.3) is 0 Å². The summed E-state index contributed by atoms with van der Waals surface area (Å²) in [5.74, 6) is 0.896. The second-order valence-electron chi connectivity index (χ2n) is 4.84. The van der Waals surface area contributed by atoms with Gasteiger partial charge in [0.25, 0.3) is 0 Å². The first-order valence-electron chi connectivity index (χ1n) is 6.12. The number of rotatable bonds is 4. The Kier molecular flexibility index (Phi) is 7.77. The molecule has 1 atom stereocenters. The molecule has 16 heavy (non-hydrogen) atoms. The molecule has 1 unspecified atom stereocenters. The summed E-state index contributed by atoms with van der Waals surface area (Å²) in [6, 6.07) is -0.360. The molecule has 0 saturated heterocycles. The molecule has 0 aliphatic heterocycles. The van der Waals surface area contributed by atoms with Crippen LogP contribution in [0.4, 0.5) is 0 Å². The highest BCUT2D eigenvalue weighted by molar-refractivity contribution is 5.85. The molecule has 0 bridgehead atoms. The highest BCUT2D eigenvalue weighted by Crippen LogP contribution is 2.26. The van der Waals surface area contributed by atoms with E-state index < -0.39 is 0 Å². The number of likely N-dealkylation sites (N-methyl/N-ethyl adjacent to an activating group) is 1. The van der Waals surface area contributed by atoms with Crippen LogP contribution in [0.2, 0.25) is 0 Å². The maximum absolute atomic E-state index is 11.5. The molecule has 0 spiro atoms. The van der Waals surface area contributed by atoms with Gasteiger partial charge in [-0.25, -0.2) is 0 Å². The zero-order valence-electron chi connectivity index (χ0n) is 10.4. The Bertz CT molecular complexity index is 203. The van der Waals surface area contributed by atoms with Crippen molar-refractivity contribution in [2.45, 2.75) is 51.5 Å². The van der Waals surface area contributed by atoms with Gasteiger partial charge < -0.3 is 10.6 Å². The summed E-state index contributed by atoms with van der Waals surface area (Å²) in [5, 5.41) is 0. The molecular formula is C12H25ClN2O. The molecule has 3 nitrogen and oxygen atoms in total. The summed E-state index contributed by atoms with van der Waals surface area (Å²) in [5.41, 5.74) is 5.55. The predicted octanol–water partition coefficient (Wildman–Crippen LogP) is 2.18. The molecule has 0 radical (unpaired) electrons. The van der Waals surface area contributed by atoms with Crippen LogP contribution in [0.1, 0.15) is 45.4 Å². The van der Waals surface area contributed by atoms with Crippen molar-refractivity contribution in [1.29, 1.82) is 0 Å². The van der Waals surface area contributed by atoms with Gasteiger partial charge in [-0.1, -0.05) is 32.1 Å². The Morgan fingerprint density at radius 1 is 1.38 bits per heavy atom. The van der Waals surface area contributed by atoms with Crippen molar-refractivity contribution in [2.75, 3.05) is 13.6 Å². The Hall–Kier alpha value is -0.280. The smallest absolute Gasteiger partial charge is 0.238 e. The van der Waals surface area contributed by atoms with E-state index in [1.165, 1.54) is 32.1 Å². The molecule has 1 aliphatic rings. The fourth-order valence-electron chi connectivity index (χ4n) is 2.31. The minimum absolute atomic E-state index is 0. The lowest BCUT2D eigenvalue weighted by Crippen LogP contribution is -2.40. The van der Waals surface area contributed by atoms with Gasteiger partial charge in [-0.05, 0) is 19.3 Å². The van der Waals surface area contributed by atoms with Crippen LogP contribution >= 0.6 is 12.4 Å². The van der Waals surface area contributed by atoms with E-state index in [2.05, 4.69) is 0 Å². The van der Waals surface area contributed by atoms with Gasteiger partial charge >= 0.3 is 0 Å². The van der Waals surface area contributed by atoms with E-state index in [0.717, 1.165) is 18.9 Å². The molecular weight excluding hydrogens is 224 g/mol. The van der Waals surface area contributed by atoms with Crippen molar-refractivity contribution in [2.24, 2.45) is 11.7 Å². The van der Waals surface area contributed by atoms with Crippen molar-refractivity contribution >= 4 is 18.3 Å². The van der Waals surface area contributed by atoms with Gasteiger partial charge in [-0.2, -0.15) is 0 Å². The number of nitrogens with two attached hydrogens (primary N) is 1. The number of hydrogen-bond acceptors (Lipinski definition) is 2. The van der Waals surface area contributed by atoms with Crippen LogP contribution in [0, 0.1) is 5.92 Å². The van der Waals surface area contributed by atoms with Gasteiger partial charge in [0.05, 0.1) is 6.04 Å². The van der Waals surface area contributed by atoms with E-state index in [-0.39, 0.29) is 24.4 Å². The third-order valence-electron chi connectivity index (χ3n) is 3.36. The largest absolute Gasteiger partial charge is 0.344 e. The van der Waals surface area contributed by atoms with Gasteiger partial charge in [-0.15, -0.1) is 12.4 Å². The summed E-state index contributed by atoms with van der Waals surface area (Å²) in [6.45, 7) is 2.62. The Balaban J connectivity index is 0.00000225. The summed E-state index contributed by atoms with van der Waals surface area (Å²) < 4.78 is 0. The molecule has 0 heterocycles. The van der Waals surface area contributed by atoms with Crippen LogP contribution in [0.15, 0.2) is 0 Å². The van der Waals surface area contributed by atoms with Crippen molar-refractivity contribution in [3.05, 3.63) is 0 Å². The summed E-state index contributed by atoms with van der Waals surface area (Å²) in [6.07, 6.45) is 7.98. The number of nitrogens with zero attached hydrogens (tertiary/aromatic N) is 1. The Labute approximate surface area is 105 Å². The molecule has 0 aromatic carbocycles. The normalized spacial score (nSPS) is 18.7. The lowest BCUT2D eigenvalue weighted by molar-refractivity contribution is -0.131. The van der Waals surface area contributed by atoms with Crippen LogP contribution in [-0.4, -0.2) is 30.4 Å². The van der Waals surface area contributed by atoms with Crippen molar-refractivity contribution < 1.29 is 4.79 Å². The van der Waals surface area contributed by atoms with Gasteiger partial charge in [-0.3, -0.25) is 4.79 Å². The van der Waals surface area contributed by atoms with Crippen LogP contribution in [0.3, 0.4) is 0 Å². The predicted molar refractivity (Wildman–Crippen MR) is 69.7 cm³/mol. The second kappa shape index (κ2) is 7.91. The standard InChI is InChI=1S/C12H24N2O.ClH/c1-10(13)12(15)14(2)9-8-11-6-4-3-5-7-11;/h10-11H,3-9,13H2,1-2H3;1H. The first-order chi connectivity index (χ1) is 7.11. The third-order valence-corrected chi connectivity index (χ3v) is 3.36. The highest BCUT2D eigenvalue weighted by atomic mass is 35.5. The van der Waals surface area contributed by atoms with Gasteiger partial charge in [0.1, 0.15) is 0 Å². The quantitative estimate of drug-likeness (QED) is 0.829. The topological polar surface area (TPSA) is 46.3 Å². The maximum Gasteiger partial charge on any atom is 0.238 e. The number of halogens is 1. The summed E-state index contributed by atoms with van der Waals surface area (Å²) in [7, 11) is 1.86. The number of carbonyl (C=O) groups excluding carboxylic acids is 1. The summed E-state index contributed by atoms with van der Waals surface area (Å²) in [4.78, 5) is 13.3. The van der Waals surface area contributed by atoms with Crippen molar-refractivity contribution in [1.82, 2.24) is 4.90 Å². The van der Waals surface area contributed by atoms with E-state index >= 15 is 0 Å². The maximum atomic E-state index is 11.5. The zero-order valence-corrected chi connectivity index (χ0v) is 11.3. The monoisotopic (exact) mass is 248 g/mol. The van der Waals surface area contributed by atoms with E-state index in [1.54, 1.807) is 11.8 Å². The van der Waals surface area contributed by atoms with E-state index in [4.69, 9.17) is 5.73 Å². The molecule has 4 heteroatoms. The number of hydrogen-bond donors (Lipinski definition) is 1. The zero-order chi connectivity index (χ0) is 11.3. The fourth-order valence-corrected chi connectivity index (χ4v) is 2.31. The van der Waals surface area contributed by atoms with Crippen molar-refractivity contribution in [3.63, 3.8) is 0 Å². The molecule has 2 N–H and O–H groups in total. The van der Waals surface area contributed by atoms with Crippen LogP contribution in [0.5, 0.6) is 0 Å². The first-order valence-corrected chi connectivity index (χ1v) is 6.12.